The van der Waals surface area contributed by atoms with Crippen LogP contribution in [0.15, 0.2) is 18.2 Å². The number of nitrogens with zero attached hydrogens (tertiary/aromatic N) is 3. The van der Waals surface area contributed by atoms with Crippen LogP contribution in [-0.4, -0.2) is 41.9 Å². The van der Waals surface area contributed by atoms with E-state index in [9.17, 15) is 9.90 Å². The molecule has 2 fully saturated rings. The van der Waals surface area contributed by atoms with Crippen molar-refractivity contribution in [2.24, 2.45) is 0 Å². The molecule has 0 radical (unpaired) electrons. The average molecular weight is 415 g/mol. The number of hydrogen-bond acceptors (Lipinski definition) is 7. The van der Waals surface area contributed by atoms with Crippen LogP contribution in [0, 0.1) is 0 Å². The van der Waals surface area contributed by atoms with Gasteiger partial charge in [0, 0.05) is 49.5 Å². The maximum Gasteiger partial charge on any atom is 0.194 e. The van der Waals surface area contributed by atoms with Crippen LogP contribution in [0.4, 0.5) is 5.13 Å². The predicted molar refractivity (Wildman–Crippen MR) is 109 cm³/mol. The molecule has 8 heteroatoms. The number of aromatic nitrogens is 2. The lowest BCUT2D eigenvalue weighted by atomic mass is 9.88. The van der Waals surface area contributed by atoms with Gasteiger partial charge in [-0.05, 0) is 24.8 Å². The van der Waals surface area contributed by atoms with Crippen LogP contribution in [0.1, 0.15) is 37.0 Å². The van der Waals surface area contributed by atoms with E-state index in [-0.39, 0.29) is 11.5 Å². The first-order valence-corrected chi connectivity index (χ1v) is 11.5. The van der Waals surface area contributed by atoms with Crippen molar-refractivity contribution in [3.8, 4) is 0 Å². The standard InChI is InChI=1S/C20H22N4O2S2/c25-17-15(13-10-22-19(27-13)12-4-6-21-7-5-12)18(26)16(17)14-11-23-20(28-14)24-8-2-1-3-9-24/h10-11,21,25H,1-9H2/b15-13+. The number of allylic oxidation sites excluding steroid dienone is 2. The highest BCUT2D eigenvalue weighted by Crippen LogP contribution is 2.39. The summed E-state index contributed by atoms with van der Waals surface area (Å²) in [6.45, 7) is 4.17. The van der Waals surface area contributed by atoms with Gasteiger partial charge in [-0.2, -0.15) is 0 Å². The van der Waals surface area contributed by atoms with Crippen molar-refractivity contribution in [2.75, 3.05) is 31.1 Å². The zero-order valence-electron chi connectivity index (χ0n) is 15.6. The summed E-state index contributed by atoms with van der Waals surface area (Å²) in [5.74, 6) is -0.313. The minimum Gasteiger partial charge on any atom is -0.871 e. The highest BCUT2D eigenvalue weighted by atomic mass is 32.1. The first-order chi connectivity index (χ1) is 13.7. The van der Waals surface area contributed by atoms with E-state index in [2.05, 4.69) is 20.2 Å². The SMILES string of the molecule is O=C1C(c2cnc(N3CCCCC3)s2)=C([O-])/C1=c1/cnc(=C2CC[NH2+]CC2)s1. The van der Waals surface area contributed by atoms with Gasteiger partial charge in [-0.3, -0.25) is 4.79 Å². The topological polar surface area (TPSA) is 85.8 Å². The molecule has 0 aromatic carbocycles. The summed E-state index contributed by atoms with van der Waals surface area (Å²) in [6.07, 6.45) is 9.04. The van der Waals surface area contributed by atoms with Crippen molar-refractivity contribution in [1.82, 2.24) is 9.97 Å². The fraction of sp³-hybridized carbons (Fsp3) is 0.450. The van der Waals surface area contributed by atoms with Crippen LogP contribution in [-0.2, 0) is 4.79 Å². The molecule has 2 saturated heterocycles. The molecular formula is C20H22N4O2S2. The van der Waals surface area contributed by atoms with Gasteiger partial charge in [0.05, 0.1) is 22.5 Å². The number of ketones is 1. The zero-order chi connectivity index (χ0) is 19.1. The van der Waals surface area contributed by atoms with Gasteiger partial charge in [0.15, 0.2) is 10.9 Å². The second-order valence-electron chi connectivity index (χ2n) is 7.46. The van der Waals surface area contributed by atoms with Gasteiger partial charge < -0.3 is 15.3 Å². The van der Waals surface area contributed by atoms with E-state index in [1.54, 1.807) is 12.4 Å². The summed E-state index contributed by atoms with van der Waals surface area (Å²) in [7, 11) is 0. The van der Waals surface area contributed by atoms with Gasteiger partial charge >= 0.3 is 0 Å². The molecule has 2 aromatic rings. The van der Waals surface area contributed by atoms with E-state index >= 15 is 0 Å². The van der Waals surface area contributed by atoms with Gasteiger partial charge in [0.25, 0.3) is 0 Å². The fourth-order valence-corrected chi connectivity index (χ4v) is 6.10. The Hall–Kier alpha value is -2.03. The molecule has 3 aliphatic rings. The number of anilines is 1. The van der Waals surface area contributed by atoms with E-state index in [4.69, 9.17) is 0 Å². The maximum absolute atomic E-state index is 12.8. The molecule has 0 unspecified atom stereocenters. The molecule has 2 aromatic heterocycles. The van der Waals surface area contributed by atoms with Crippen LogP contribution in [0.5, 0.6) is 0 Å². The lowest BCUT2D eigenvalue weighted by Gasteiger charge is -2.29. The van der Waals surface area contributed by atoms with Crippen LogP contribution in [0.25, 0.3) is 16.7 Å². The molecule has 0 atom stereocenters. The van der Waals surface area contributed by atoms with E-state index in [0.717, 1.165) is 48.8 Å². The van der Waals surface area contributed by atoms with Crippen molar-refractivity contribution in [3.63, 3.8) is 0 Å². The number of piperidine rings is 2. The third-order valence-corrected chi connectivity index (χ3v) is 7.82. The number of carbonyl (C=O) groups is 1. The number of nitrogens with two attached hydrogens (primary N) is 1. The largest absolute Gasteiger partial charge is 0.871 e. The quantitative estimate of drug-likeness (QED) is 0.723. The van der Waals surface area contributed by atoms with Gasteiger partial charge in [-0.15, -0.1) is 11.3 Å². The second-order valence-corrected chi connectivity index (χ2v) is 9.50. The number of quaternary nitrogens is 1. The molecule has 0 spiro atoms. The lowest BCUT2D eigenvalue weighted by molar-refractivity contribution is -0.656. The van der Waals surface area contributed by atoms with Crippen LogP contribution < -0.4 is 24.5 Å². The van der Waals surface area contributed by atoms with E-state index in [1.165, 1.54) is 47.5 Å². The molecule has 2 N–H and O–H groups in total. The molecule has 146 valence electrons. The Bertz CT molecular complexity index is 1070. The molecular weight excluding hydrogens is 392 g/mol. The third kappa shape index (κ3) is 3.09. The number of thiazole rings is 2. The minimum absolute atomic E-state index is 0.156. The molecule has 0 saturated carbocycles. The van der Waals surface area contributed by atoms with Crippen molar-refractivity contribution < 1.29 is 15.2 Å². The normalized spacial score (nSPS) is 22.6. The van der Waals surface area contributed by atoms with Gasteiger partial charge in [-0.1, -0.05) is 17.1 Å². The summed E-state index contributed by atoms with van der Waals surface area (Å²) >= 11 is 2.94. The smallest absolute Gasteiger partial charge is 0.194 e. The third-order valence-electron chi connectivity index (χ3n) is 5.63. The fourth-order valence-electron chi connectivity index (χ4n) is 4.04. The summed E-state index contributed by atoms with van der Waals surface area (Å²) in [5, 5.41) is 16.0. The highest BCUT2D eigenvalue weighted by molar-refractivity contribution is 7.17. The van der Waals surface area contributed by atoms with Crippen LogP contribution >= 0.6 is 22.7 Å². The van der Waals surface area contributed by atoms with Gasteiger partial charge in [0.1, 0.15) is 4.66 Å². The van der Waals surface area contributed by atoms with Crippen molar-refractivity contribution in [1.29, 1.82) is 0 Å². The van der Waals surface area contributed by atoms with E-state index in [0.29, 0.717) is 20.6 Å². The number of carbonyl (C=O) groups excluding carboxylic acids is 1. The molecule has 6 nitrogen and oxygen atoms in total. The Kier molecular flexibility index (Phi) is 4.78. The Morgan fingerprint density at radius 2 is 1.79 bits per heavy atom. The number of hydrogen-bond donors (Lipinski definition) is 1. The predicted octanol–water partition coefficient (Wildman–Crippen LogP) is -0.397. The molecule has 0 amide bonds. The first-order valence-electron chi connectivity index (χ1n) is 9.90. The maximum atomic E-state index is 12.8. The van der Waals surface area contributed by atoms with Crippen LogP contribution in [0.3, 0.4) is 0 Å². The van der Waals surface area contributed by atoms with Crippen molar-refractivity contribution in [2.45, 2.75) is 32.1 Å². The Labute approximate surface area is 170 Å². The summed E-state index contributed by atoms with van der Waals surface area (Å²) in [6, 6.07) is 0. The molecule has 1 aliphatic carbocycles. The molecule has 28 heavy (non-hydrogen) atoms. The Morgan fingerprint density at radius 1 is 1.00 bits per heavy atom. The number of Topliss-reactive ketones (excluding diaryl/α,β-unsaturated/α-hetero) is 1. The summed E-state index contributed by atoms with van der Waals surface area (Å²) in [5.41, 5.74) is 1.94. The lowest BCUT2D eigenvalue weighted by Crippen LogP contribution is -2.85. The van der Waals surface area contributed by atoms with Crippen molar-refractivity contribution >= 4 is 50.3 Å². The molecule has 2 aliphatic heterocycles. The Balaban J connectivity index is 1.47. The minimum atomic E-state index is -0.156. The Morgan fingerprint density at radius 3 is 2.54 bits per heavy atom. The highest BCUT2D eigenvalue weighted by Gasteiger charge is 2.31. The van der Waals surface area contributed by atoms with Gasteiger partial charge in [0.2, 0.25) is 0 Å². The van der Waals surface area contributed by atoms with Crippen molar-refractivity contribution in [3.05, 3.63) is 32.2 Å². The molecule has 0 bridgehead atoms. The zero-order valence-corrected chi connectivity index (χ0v) is 17.2. The van der Waals surface area contributed by atoms with E-state index < -0.39 is 0 Å². The summed E-state index contributed by atoms with van der Waals surface area (Å²) in [4.78, 5) is 24.7. The van der Waals surface area contributed by atoms with E-state index in [1.807, 2.05) is 0 Å². The first kappa shape index (κ1) is 18.0. The summed E-state index contributed by atoms with van der Waals surface area (Å²) < 4.78 is 1.69. The molecule has 4 heterocycles. The van der Waals surface area contributed by atoms with Gasteiger partial charge in [-0.25, -0.2) is 9.97 Å². The average Bonchev–Trinajstić information content (AvgIpc) is 3.40. The monoisotopic (exact) mass is 414 g/mol. The van der Waals surface area contributed by atoms with Crippen LogP contribution in [0.2, 0.25) is 0 Å². The molecule has 5 rings (SSSR count). The second kappa shape index (κ2) is 7.42. The number of rotatable bonds is 2.